The van der Waals surface area contributed by atoms with Crippen LogP contribution in [0.4, 0.5) is 11.4 Å². The summed E-state index contributed by atoms with van der Waals surface area (Å²) in [7, 11) is 0. The van der Waals surface area contributed by atoms with Gasteiger partial charge in [-0.1, -0.05) is 11.6 Å². The molecule has 0 amide bonds. The quantitative estimate of drug-likeness (QED) is 0.372. The zero-order valence-electron chi connectivity index (χ0n) is 14.8. The van der Waals surface area contributed by atoms with Gasteiger partial charge in [0.15, 0.2) is 17.3 Å². The van der Waals surface area contributed by atoms with Crippen LogP contribution in [0.5, 0.6) is 11.5 Å². The van der Waals surface area contributed by atoms with Gasteiger partial charge < -0.3 is 16.2 Å². The highest BCUT2D eigenvalue weighted by atomic mass is 35.5. The molecule has 4 rings (SSSR count). The van der Waals surface area contributed by atoms with Crippen LogP contribution in [0, 0.1) is 0 Å². The summed E-state index contributed by atoms with van der Waals surface area (Å²) in [5, 5.41) is 0.364. The fraction of sp³-hybridized carbons (Fsp3) is 0.0476. The summed E-state index contributed by atoms with van der Waals surface area (Å²) in [4.78, 5) is 27.1. The molecule has 0 radical (unpaired) electrons. The first-order valence-corrected chi connectivity index (χ1v) is 9.93. The number of carbonyl (C=O) groups is 2. The molecular formula is C21H15ClN2O3S. The topological polar surface area (TPSA) is 95.4 Å². The van der Waals surface area contributed by atoms with Crippen molar-refractivity contribution in [1.82, 2.24) is 0 Å². The van der Waals surface area contributed by atoms with Gasteiger partial charge in [-0.3, -0.25) is 9.59 Å². The van der Waals surface area contributed by atoms with Crippen molar-refractivity contribution in [3.8, 4) is 11.5 Å². The zero-order valence-corrected chi connectivity index (χ0v) is 16.4. The third kappa shape index (κ3) is 2.91. The van der Waals surface area contributed by atoms with Gasteiger partial charge in [-0.25, -0.2) is 0 Å². The van der Waals surface area contributed by atoms with Crippen molar-refractivity contribution in [1.29, 1.82) is 0 Å². The Hall–Kier alpha value is -2.96. The molecule has 28 heavy (non-hydrogen) atoms. The van der Waals surface area contributed by atoms with Crippen LogP contribution in [0.25, 0.3) is 0 Å². The molecule has 0 aromatic heterocycles. The van der Waals surface area contributed by atoms with Crippen LogP contribution in [0.15, 0.2) is 53.4 Å². The van der Waals surface area contributed by atoms with Gasteiger partial charge in [-0.15, -0.1) is 11.8 Å². The van der Waals surface area contributed by atoms with Crippen molar-refractivity contribution in [2.45, 2.75) is 4.90 Å². The molecule has 0 spiro atoms. The number of benzene rings is 3. The summed E-state index contributed by atoms with van der Waals surface area (Å²) in [5.41, 5.74) is 13.2. The molecule has 0 unspecified atom stereocenters. The maximum absolute atomic E-state index is 13.0. The van der Waals surface area contributed by atoms with Crippen molar-refractivity contribution < 1.29 is 14.3 Å². The average Bonchev–Trinajstić information content (AvgIpc) is 2.69. The molecule has 0 fully saturated rings. The molecule has 0 atom stereocenters. The fourth-order valence-electron chi connectivity index (χ4n) is 3.20. The Bertz CT molecular complexity index is 1140. The van der Waals surface area contributed by atoms with Crippen LogP contribution in [0.3, 0.4) is 0 Å². The van der Waals surface area contributed by atoms with E-state index in [0.717, 1.165) is 4.90 Å². The number of nitrogens with two attached hydrogens (primary N) is 2. The van der Waals surface area contributed by atoms with E-state index in [2.05, 4.69) is 0 Å². The highest BCUT2D eigenvalue weighted by molar-refractivity contribution is 7.98. The summed E-state index contributed by atoms with van der Waals surface area (Å²) in [6, 6.07) is 13.4. The van der Waals surface area contributed by atoms with Crippen LogP contribution in [0.2, 0.25) is 5.02 Å². The number of carbonyl (C=O) groups excluding carboxylic acids is 2. The lowest BCUT2D eigenvalue weighted by Crippen LogP contribution is -2.24. The van der Waals surface area contributed by atoms with E-state index in [1.807, 2.05) is 18.4 Å². The van der Waals surface area contributed by atoms with Gasteiger partial charge in [0.25, 0.3) is 0 Å². The second-order valence-electron chi connectivity index (χ2n) is 6.25. The van der Waals surface area contributed by atoms with Gasteiger partial charge in [0.2, 0.25) is 0 Å². The number of anilines is 2. The highest BCUT2D eigenvalue weighted by Gasteiger charge is 2.34. The minimum atomic E-state index is -0.382. The number of nitrogen functional groups attached to an aromatic ring is 2. The lowest BCUT2D eigenvalue weighted by atomic mass is 9.82. The van der Waals surface area contributed by atoms with E-state index in [1.165, 1.54) is 18.2 Å². The summed E-state index contributed by atoms with van der Waals surface area (Å²) in [6.45, 7) is 0. The van der Waals surface area contributed by atoms with Crippen LogP contribution in [-0.4, -0.2) is 17.8 Å². The average molecular weight is 411 g/mol. The van der Waals surface area contributed by atoms with E-state index < -0.39 is 0 Å². The minimum Gasteiger partial charge on any atom is -0.455 e. The van der Waals surface area contributed by atoms with Gasteiger partial charge in [0, 0.05) is 32.8 Å². The first kappa shape index (κ1) is 18.4. The molecule has 140 valence electrons. The fourth-order valence-corrected chi connectivity index (χ4v) is 3.78. The molecule has 7 heteroatoms. The molecule has 5 nitrogen and oxygen atoms in total. The normalized spacial score (nSPS) is 12.5. The first-order chi connectivity index (χ1) is 13.4. The van der Waals surface area contributed by atoms with E-state index >= 15 is 0 Å². The van der Waals surface area contributed by atoms with Crippen LogP contribution >= 0.6 is 23.4 Å². The van der Waals surface area contributed by atoms with Crippen molar-refractivity contribution >= 4 is 46.3 Å². The van der Waals surface area contributed by atoms with Crippen LogP contribution < -0.4 is 16.2 Å². The minimum absolute atomic E-state index is 0.0653. The van der Waals surface area contributed by atoms with Gasteiger partial charge >= 0.3 is 0 Å². The van der Waals surface area contributed by atoms with Crippen molar-refractivity contribution in [2.24, 2.45) is 0 Å². The van der Waals surface area contributed by atoms with E-state index in [0.29, 0.717) is 10.8 Å². The Morgan fingerprint density at radius 1 is 0.893 bits per heavy atom. The molecule has 3 aromatic rings. The number of halogens is 1. The number of ether oxygens (including phenoxy) is 1. The number of ketones is 2. The third-order valence-corrected chi connectivity index (χ3v) is 5.55. The van der Waals surface area contributed by atoms with Gasteiger partial charge in [-0.05, 0) is 48.7 Å². The number of fused-ring (bicyclic) bond motifs is 2. The molecule has 1 aliphatic carbocycles. The van der Waals surface area contributed by atoms with Gasteiger partial charge in [0.05, 0.1) is 16.8 Å². The second kappa shape index (κ2) is 6.89. The Morgan fingerprint density at radius 3 is 2.25 bits per heavy atom. The maximum atomic E-state index is 13.0. The van der Waals surface area contributed by atoms with E-state index in [9.17, 15) is 9.59 Å². The predicted octanol–water partition coefficient (Wildman–Crippen LogP) is 4.79. The Morgan fingerprint density at radius 2 is 1.57 bits per heavy atom. The van der Waals surface area contributed by atoms with Gasteiger partial charge in [0.1, 0.15) is 5.75 Å². The SMILES string of the molecule is CSc1ccc(Oc2cc(N)c3c(c2N)C(=O)c2ccc(Cl)cc2C3=O)cc1. The summed E-state index contributed by atoms with van der Waals surface area (Å²) < 4.78 is 5.85. The summed E-state index contributed by atoms with van der Waals surface area (Å²) in [6.07, 6.45) is 1.98. The lowest BCUT2D eigenvalue weighted by molar-refractivity contribution is 0.0980. The molecule has 0 heterocycles. The largest absolute Gasteiger partial charge is 0.455 e. The first-order valence-electron chi connectivity index (χ1n) is 8.33. The van der Waals surface area contributed by atoms with E-state index in [1.54, 1.807) is 30.0 Å². The van der Waals surface area contributed by atoms with Crippen LogP contribution in [-0.2, 0) is 0 Å². The molecule has 0 saturated carbocycles. The molecule has 3 aromatic carbocycles. The molecular weight excluding hydrogens is 396 g/mol. The maximum Gasteiger partial charge on any atom is 0.196 e. The molecule has 1 aliphatic rings. The molecule has 0 aliphatic heterocycles. The lowest BCUT2D eigenvalue weighted by Gasteiger charge is -2.22. The second-order valence-corrected chi connectivity index (χ2v) is 7.57. The zero-order chi connectivity index (χ0) is 20.0. The molecule has 4 N–H and O–H groups in total. The monoisotopic (exact) mass is 410 g/mol. The smallest absolute Gasteiger partial charge is 0.196 e. The van der Waals surface area contributed by atoms with Gasteiger partial charge in [-0.2, -0.15) is 0 Å². The number of hydrogen-bond donors (Lipinski definition) is 2. The van der Waals surface area contributed by atoms with E-state index in [-0.39, 0.29) is 50.9 Å². The number of thioether (sulfide) groups is 1. The standard InChI is InChI=1S/C21H15ClN2O3S/c1-28-12-5-3-11(4-6-12)27-16-9-15(23)17-18(19(16)24)20(25)13-7-2-10(22)8-14(13)21(17)26/h2-9H,23-24H2,1H3. The molecule has 0 bridgehead atoms. The summed E-state index contributed by atoms with van der Waals surface area (Å²) >= 11 is 7.60. The van der Waals surface area contributed by atoms with Crippen molar-refractivity contribution in [2.75, 3.05) is 17.7 Å². The summed E-state index contributed by atoms with van der Waals surface area (Å²) in [5.74, 6) is 0.0122. The number of rotatable bonds is 3. The Kier molecular flexibility index (Phi) is 4.53. The third-order valence-electron chi connectivity index (χ3n) is 4.57. The highest BCUT2D eigenvalue weighted by Crippen LogP contribution is 2.41. The Balaban J connectivity index is 1.82. The van der Waals surface area contributed by atoms with Crippen molar-refractivity contribution in [3.05, 3.63) is 75.8 Å². The van der Waals surface area contributed by atoms with Crippen LogP contribution in [0.1, 0.15) is 31.8 Å². The number of hydrogen-bond acceptors (Lipinski definition) is 6. The predicted molar refractivity (Wildman–Crippen MR) is 112 cm³/mol. The Labute approximate surface area is 170 Å². The van der Waals surface area contributed by atoms with Crippen molar-refractivity contribution in [3.63, 3.8) is 0 Å². The molecule has 0 saturated heterocycles. The van der Waals surface area contributed by atoms with E-state index in [4.69, 9.17) is 27.8 Å².